The van der Waals surface area contributed by atoms with Gasteiger partial charge < -0.3 is 15.5 Å². The molecule has 158 valence electrons. The lowest BCUT2D eigenvalue weighted by Gasteiger charge is -2.19. The first-order valence-electron chi connectivity index (χ1n) is 10.7. The van der Waals surface area contributed by atoms with E-state index in [-0.39, 0.29) is 36.1 Å². The molecule has 3 unspecified atom stereocenters. The predicted octanol–water partition coefficient (Wildman–Crippen LogP) is 4.58. The van der Waals surface area contributed by atoms with E-state index in [1.165, 1.54) is 12.8 Å². The number of nitrogens with zero attached hydrogens (tertiary/aromatic N) is 1. The van der Waals surface area contributed by atoms with Crippen molar-refractivity contribution >= 4 is 34.8 Å². The Morgan fingerprint density at radius 2 is 1.90 bits per heavy atom. The SMILES string of the molecule is CC(CC(=O)Nc1cccc(N2CCCC2)c1)NC(=O)C1CC1c1ccccc1Cl. The first kappa shape index (κ1) is 20.7. The van der Waals surface area contributed by atoms with Gasteiger partial charge in [-0.25, -0.2) is 0 Å². The third-order valence-electron chi connectivity index (χ3n) is 5.91. The molecule has 0 bridgehead atoms. The van der Waals surface area contributed by atoms with E-state index in [9.17, 15) is 9.59 Å². The molecule has 2 amide bonds. The number of hydrogen-bond donors (Lipinski definition) is 2. The van der Waals surface area contributed by atoms with Crippen molar-refractivity contribution in [1.29, 1.82) is 0 Å². The zero-order chi connectivity index (χ0) is 21.1. The minimum atomic E-state index is -0.230. The third-order valence-corrected chi connectivity index (χ3v) is 6.26. The Hall–Kier alpha value is -2.53. The number of halogens is 1. The second-order valence-corrected chi connectivity index (χ2v) is 8.78. The van der Waals surface area contributed by atoms with E-state index in [1.807, 2.05) is 49.4 Å². The van der Waals surface area contributed by atoms with E-state index in [2.05, 4.69) is 21.6 Å². The molecule has 2 aromatic carbocycles. The highest BCUT2D eigenvalue weighted by Gasteiger charge is 2.45. The molecule has 1 saturated heterocycles. The highest BCUT2D eigenvalue weighted by molar-refractivity contribution is 6.31. The van der Waals surface area contributed by atoms with Gasteiger partial charge in [-0.15, -0.1) is 0 Å². The monoisotopic (exact) mass is 425 g/mol. The van der Waals surface area contributed by atoms with Crippen LogP contribution in [-0.4, -0.2) is 30.9 Å². The molecule has 2 aromatic rings. The van der Waals surface area contributed by atoms with Crippen molar-refractivity contribution in [2.75, 3.05) is 23.3 Å². The van der Waals surface area contributed by atoms with Crippen LogP contribution >= 0.6 is 11.6 Å². The number of hydrogen-bond acceptors (Lipinski definition) is 3. The quantitative estimate of drug-likeness (QED) is 0.682. The fourth-order valence-corrected chi connectivity index (χ4v) is 4.53. The van der Waals surface area contributed by atoms with Gasteiger partial charge in [0.25, 0.3) is 0 Å². The van der Waals surface area contributed by atoms with Gasteiger partial charge in [-0.1, -0.05) is 35.9 Å². The number of carbonyl (C=O) groups is 2. The van der Waals surface area contributed by atoms with Crippen LogP contribution in [0.25, 0.3) is 0 Å². The van der Waals surface area contributed by atoms with Crippen LogP contribution in [0.4, 0.5) is 11.4 Å². The number of amides is 2. The van der Waals surface area contributed by atoms with Crippen LogP contribution in [-0.2, 0) is 9.59 Å². The van der Waals surface area contributed by atoms with Gasteiger partial charge >= 0.3 is 0 Å². The molecule has 5 nitrogen and oxygen atoms in total. The summed E-state index contributed by atoms with van der Waals surface area (Å²) >= 11 is 6.25. The summed E-state index contributed by atoms with van der Waals surface area (Å²) in [6.45, 7) is 4.00. The van der Waals surface area contributed by atoms with Gasteiger partial charge in [-0.3, -0.25) is 9.59 Å². The largest absolute Gasteiger partial charge is 0.371 e. The number of nitrogens with one attached hydrogen (secondary N) is 2. The van der Waals surface area contributed by atoms with E-state index in [1.54, 1.807) is 0 Å². The molecule has 6 heteroatoms. The molecule has 0 aromatic heterocycles. The van der Waals surface area contributed by atoms with Gasteiger partial charge in [0.05, 0.1) is 0 Å². The van der Waals surface area contributed by atoms with Crippen LogP contribution in [0.1, 0.15) is 44.1 Å². The maximum Gasteiger partial charge on any atom is 0.226 e. The van der Waals surface area contributed by atoms with E-state index in [4.69, 9.17) is 11.6 Å². The van der Waals surface area contributed by atoms with Crippen LogP contribution in [0.2, 0.25) is 5.02 Å². The molecule has 2 fully saturated rings. The summed E-state index contributed by atoms with van der Waals surface area (Å²) in [6.07, 6.45) is 3.47. The van der Waals surface area contributed by atoms with Crippen LogP contribution in [0.5, 0.6) is 0 Å². The van der Waals surface area contributed by atoms with E-state index >= 15 is 0 Å². The Morgan fingerprint density at radius 3 is 2.67 bits per heavy atom. The van der Waals surface area contributed by atoms with Crippen molar-refractivity contribution in [3.8, 4) is 0 Å². The van der Waals surface area contributed by atoms with Gasteiger partial charge in [-0.2, -0.15) is 0 Å². The summed E-state index contributed by atoms with van der Waals surface area (Å²) in [5.41, 5.74) is 2.97. The first-order chi connectivity index (χ1) is 14.5. The average molecular weight is 426 g/mol. The molecule has 3 atom stereocenters. The van der Waals surface area contributed by atoms with Crippen molar-refractivity contribution in [3.63, 3.8) is 0 Å². The highest BCUT2D eigenvalue weighted by atomic mass is 35.5. The van der Waals surface area contributed by atoms with Crippen LogP contribution in [0, 0.1) is 5.92 Å². The number of anilines is 2. The predicted molar refractivity (Wildman–Crippen MR) is 121 cm³/mol. The lowest BCUT2D eigenvalue weighted by Crippen LogP contribution is -2.36. The van der Waals surface area contributed by atoms with E-state index in [0.717, 1.165) is 36.4 Å². The summed E-state index contributed by atoms with van der Waals surface area (Å²) in [7, 11) is 0. The first-order valence-corrected chi connectivity index (χ1v) is 11.1. The van der Waals surface area contributed by atoms with Gasteiger partial charge in [0.2, 0.25) is 11.8 Å². The Kier molecular flexibility index (Phi) is 6.28. The Labute approximate surface area is 182 Å². The second kappa shape index (κ2) is 9.09. The molecule has 1 aliphatic carbocycles. The standard InChI is InChI=1S/C24H28ClN3O2/c1-16(26-24(30)21-15-20(21)19-9-2-3-10-22(19)25)13-23(29)27-17-7-6-8-18(14-17)28-11-4-5-12-28/h2-3,6-10,14,16,20-21H,4-5,11-13,15H2,1H3,(H,26,30)(H,27,29). The van der Waals surface area contributed by atoms with Crippen molar-refractivity contribution in [1.82, 2.24) is 5.32 Å². The second-order valence-electron chi connectivity index (χ2n) is 8.38. The maximum atomic E-state index is 12.6. The number of rotatable bonds is 7. The Bertz CT molecular complexity index is 926. The maximum absolute atomic E-state index is 12.6. The number of benzene rings is 2. The average Bonchev–Trinajstić information content (AvgIpc) is 3.32. The molecule has 2 aliphatic rings. The van der Waals surface area contributed by atoms with Crippen molar-refractivity contribution < 1.29 is 9.59 Å². The molecular formula is C24H28ClN3O2. The zero-order valence-electron chi connectivity index (χ0n) is 17.2. The summed E-state index contributed by atoms with van der Waals surface area (Å²) in [5, 5.41) is 6.65. The Morgan fingerprint density at radius 1 is 1.13 bits per heavy atom. The van der Waals surface area contributed by atoms with Crippen LogP contribution in [0.15, 0.2) is 48.5 Å². The van der Waals surface area contributed by atoms with Crippen molar-refractivity contribution in [2.24, 2.45) is 5.92 Å². The van der Waals surface area contributed by atoms with Crippen LogP contribution < -0.4 is 15.5 Å². The molecule has 0 radical (unpaired) electrons. The van der Waals surface area contributed by atoms with Gasteiger partial charge in [0, 0.05) is 47.9 Å². The summed E-state index contributed by atoms with van der Waals surface area (Å²) in [4.78, 5) is 27.3. The fraction of sp³-hybridized carbons (Fsp3) is 0.417. The third kappa shape index (κ3) is 4.96. The van der Waals surface area contributed by atoms with Crippen LogP contribution in [0.3, 0.4) is 0 Å². The highest BCUT2D eigenvalue weighted by Crippen LogP contribution is 2.49. The van der Waals surface area contributed by atoms with Crippen molar-refractivity contribution in [2.45, 2.75) is 44.6 Å². The van der Waals surface area contributed by atoms with Gasteiger partial charge in [0.15, 0.2) is 0 Å². The minimum Gasteiger partial charge on any atom is -0.371 e. The summed E-state index contributed by atoms with van der Waals surface area (Å²) in [6, 6.07) is 15.4. The smallest absolute Gasteiger partial charge is 0.226 e. The van der Waals surface area contributed by atoms with Crippen molar-refractivity contribution in [3.05, 3.63) is 59.1 Å². The molecule has 1 saturated carbocycles. The van der Waals surface area contributed by atoms with Gasteiger partial charge in [0.1, 0.15) is 0 Å². The molecule has 1 heterocycles. The lowest BCUT2D eigenvalue weighted by atomic mass is 10.1. The minimum absolute atomic E-state index is 0.00347. The number of carbonyl (C=O) groups excluding carboxylic acids is 2. The Balaban J connectivity index is 1.26. The molecule has 0 spiro atoms. The summed E-state index contributed by atoms with van der Waals surface area (Å²) < 4.78 is 0. The molecule has 1 aliphatic heterocycles. The van der Waals surface area contributed by atoms with Gasteiger partial charge in [-0.05, 0) is 61.9 Å². The fourth-order valence-electron chi connectivity index (χ4n) is 4.25. The van der Waals surface area contributed by atoms with E-state index in [0.29, 0.717) is 5.02 Å². The van der Waals surface area contributed by atoms with E-state index < -0.39 is 0 Å². The molecular weight excluding hydrogens is 398 g/mol. The molecule has 2 N–H and O–H groups in total. The topological polar surface area (TPSA) is 61.4 Å². The lowest BCUT2D eigenvalue weighted by molar-refractivity contribution is -0.123. The molecule has 4 rings (SSSR count). The molecule has 30 heavy (non-hydrogen) atoms. The normalized spacial score (nSPS) is 21.2. The summed E-state index contributed by atoms with van der Waals surface area (Å²) in [5.74, 6) is 0.0108. The zero-order valence-corrected chi connectivity index (χ0v) is 18.0.